The van der Waals surface area contributed by atoms with Gasteiger partial charge in [0.05, 0.1) is 0 Å². The van der Waals surface area contributed by atoms with Crippen LogP contribution in [0.4, 0.5) is 0 Å². The van der Waals surface area contributed by atoms with Crippen molar-refractivity contribution < 1.29 is 19.1 Å². The quantitative estimate of drug-likeness (QED) is 0.589. The maximum absolute atomic E-state index is 11.5. The van der Waals surface area contributed by atoms with Gasteiger partial charge >= 0.3 is 11.9 Å². The van der Waals surface area contributed by atoms with Crippen LogP contribution >= 0.6 is 11.6 Å². The van der Waals surface area contributed by atoms with Gasteiger partial charge < -0.3 is 9.47 Å². The SMILES string of the molecule is O=C(CCl)OCC(=O)OC1CCCCCCCCC1. The number of ether oxygens (including phenoxy) is 2. The normalized spacial score (nSPS) is 18.6. The van der Waals surface area contributed by atoms with Gasteiger partial charge in [0.15, 0.2) is 6.61 Å². The Kier molecular flexibility index (Phi) is 8.63. The summed E-state index contributed by atoms with van der Waals surface area (Å²) < 4.78 is 10.0. The summed E-state index contributed by atoms with van der Waals surface area (Å²) in [5.74, 6) is -1.30. The van der Waals surface area contributed by atoms with Crippen molar-refractivity contribution in [2.24, 2.45) is 0 Å². The largest absolute Gasteiger partial charge is 0.460 e. The second-order valence-corrected chi connectivity index (χ2v) is 5.23. The molecule has 0 aliphatic heterocycles. The fourth-order valence-electron chi connectivity index (χ4n) is 2.29. The van der Waals surface area contributed by atoms with E-state index in [1.54, 1.807) is 0 Å². The summed E-state index contributed by atoms with van der Waals surface area (Å²) in [6, 6.07) is 0. The van der Waals surface area contributed by atoms with E-state index >= 15 is 0 Å². The zero-order valence-electron chi connectivity index (χ0n) is 11.4. The summed E-state index contributed by atoms with van der Waals surface area (Å²) in [6.45, 7) is -0.331. The molecule has 0 aromatic heterocycles. The Morgan fingerprint density at radius 2 is 1.42 bits per heavy atom. The first-order chi connectivity index (χ1) is 9.22. The molecule has 1 fully saturated rings. The molecule has 0 unspecified atom stereocenters. The van der Waals surface area contributed by atoms with Crippen molar-refractivity contribution in [3.63, 3.8) is 0 Å². The molecule has 110 valence electrons. The molecule has 19 heavy (non-hydrogen) atoms. The molecule has 0 amide bonds. The number of rotatable bonds is 4. The van der Waals surface area contributed by atoms with Gasteiger partial charge in [-0.1, -0.05) is 32.1 Å². The molecule has 1 saturated carbocycles. The minimum Gasteiger partial charge on any atom is -0.460 e. The third-order valence-corrected chi connectivity index (χ3v) is 3.53. The molecule has 0 radical (unpaired) electrons. The van der Waals surface area contributed by atoms with Crippen molar-refractivity contribution in [1.82, 2.24) is 0 Å². The van der Waals surface area contributed by atoms with Gasteiger partial charge in [0.25, 0.3) is 0 Å². The standard InChI is InChI=1S/C14H23ClO4/c15-10-13(16)18-11-14(17)19-12-8-6-4-2-1-3-5-7-9-12/h12H,1-11H2. The number of halogens is 1. The Morgan fingerprint density at radius 1 is 0.895 bits per heavy atom. The first kappa shape index (κ1) is 16.3. The van der Waals surface area contributed by atoms with Gasteiger partial charge in [-0.3, -0.25) is 4.79 Å². The molecule has 1 aliphatic rings. The molecule has 0 heterocycles. The Morgan fingerprint density at radius 3 is 1.95 bits per heavy atom. The molecule has 0 spiro atoms. The molecule has 1 aliphatic carbocycles. The number of hydrogen-bond donors (Lipinski definition) is 0. The monoisotopic (exact) mass is 290 g/mol. The fourth-order valence-corrected chi connectivity index (χ4v) is 2.37. The Bertz CT molecular complexity index is 271. The van der Waals surface area contributed by atoms with E-state index in [9.17, 15) is 9.59 Å². The third-order valence-electron chi connectivity index (χ3n) is 3.31. The Balaban J connectivity index is 2.26. The highest BCUT2D eigenvalue weighted by atomic mass is 35.5. The molecule has 0 saturated heterocycles. The zero-order chi connectivity index (χ0) is 13.9. The van der Waals surface area contributed by atoms with Crippen molar-refractivity contribution in [2.45, 2.75) is 63.9 Å². The summed E-state index contributed by atoms with van der Waals surface area (Å²) >= 11 is 5.27. The smallest absolute Gasteiger partial charge is 0.344 e. The summed E-state index contributed by atoms with van der Waals surface area (Å²) in [5, 5.41) is 0. The highest BCUT2D eigenvalue weighted by Gasteiger charge is 2.16. The van der Waals surface area contributed by atoms with Crippen LogP contribution in [0.1, 0.15) is 57.8 Å². The predicted octanol–water partition coefficient (Wildman–Crippen LogP) is 3.20. The van der Waals surface area contributed by atoms with Crippen molar-refractivity contribution in [3.8, 4) is 0 Å². The van der Waals surface area contributed by atoms with Gasteiger partial charge in [0.2, 0.25) is 0 Å². The van der Waals surface area contributed by atoms with E-state index in [4.69, 9.17) is 16.3 Å². The van der Waals surface area contributed by atoms with Gasteiger partial charge in [-0.2, -0.15) is 0 Å². The second-order valence-electron chi connectivity index (χ2n) is 4.96. The van der Waals surface area contributed by atoms with Crippen molar-refractivity contribution in [3.05, 3.63) is 0 Å². The molecular weight excluding hydrogens is 268 g/mol. The van der Waals surface area contributed by atoms with E-state index in [0.29, 0.717) is 0 Å². The minimum atomic E-state index is -0.593. The van der Waals surface area contributed by atoms with Gasteiger partial charge in [-0.05, 0) is 25.7 Å². The molecule has 0 atom stereocenters. The fraction of sp³-hybridized carbons (Fsp3) is 0.857. The minimum absolute atomic E-state index is 0.0275. The van der Waals surface area contributed by atoms with Crippen molar-refractivity contribution in [1.29, 1.82) is 0 Å². The number of hydrogen-bond acceptors (Lipinski definition) is 4. The highest BCUT2D eigenvalue weighted by Crippen LogP contribution is 2.19. The van der Waals surface area contributed by atoms with Gasteiger partial charge in [-0.15, -0.1) is 11.6 Å². The van der Waals surface area contributed by atoms with Gasteiger partial charge in [0.1, 0.15) is 12.0 Å². The van der Waals surface area contributed by atoms with Gasteiger partial charge in [0, 0.05) is 0 Å². The van der Waals surface area contributed by atoms with Gasteiger partial charge in [-0.25, -0.2) is 4.79 Å². The first-order valence-corrected chi connectivity index (χ1v) is 7.67. The lowest BCUT2D eigenvalue weighted by molar-refractivity contribution is -0.161. The Labute approximate surface area is 119 Å². The lowest BCUT2D eigenvalue weighted by atomic mass is 9.99. The van der Waals surface area contributed by atoms with Crippen LogP contribution in [0.5, 0.6) is 0 Å². The van der Waals surface area contributed by atoms with Crippen LogP contribution in [0.25, 0.3) is 0 Å². The average molecular weight is 291 g/mol. The Hall–Kier alpha value is -0.770. The summed E-state index contributed by atoms with van der Waals surface area (Å²) in [5.41, 5.74) is 0. The molecule has 0 aromatic rings. The molecular formula is C14H23ClO4. The first-order valence-electron chi connectivity index (χ1n) is 7.13. The molecule has 4 nitrogen and oxygen atoms in total. The van der Waals surface area contributed by atoms with E-state index in [2.05, 4.69) is 4.74 Å². The number of esters is 2. The maximum Gasteiger partial charge on any atom is 0.344 e. The van der Waals surface area contributed by atoms with E-state index in [0.717, 1.165) is 25.7 Å². The van der Waals surface area contributed by atoms with E-state index in [1.807, 2.05) is 0 Å². The van der Waals surface area contributed by atoms with Crippen molar-refractivity contribution in [2.75, 3.05) is 12.5 Å². The van der Waals surface area contributed by atoms with Crippen LogP contribution < -0.4 is 0 Å². The topological polar surface area (TPSA) is 52.6 Å². The summed E-state index contributed by atoms with van der Waals surface area (Å²) in [4.78, 5) is 22.4. The van der Waals surface area contributed by atoms with Crippen molar-refractivity contribution >= 4 is 23.5 Å². The third kappa shape index (κ3) is 8.09. The lowest BCUT2D eigenvalue weighted by Crippen LogP contribution is -2.23. The van der Waals surface area contributed by atoms with E-state index in [1.165, 1.54) is 32.1 Å². The number of carbonyl (C=O) groups is 2. The average Bonchev–Trinajstić information content (AvgIpc) is 2.43. The number of alkyl halides is 1. The van der Waals surface area contributed by atoms with Crippen LogP contribution in [0, 0.1) is 0 Å². The molecule has 0 bridgehead atoms. The van der Waals surface area contributed by atoms with Crippen LogP contribution in [0.3, 0.4) is 0 Å². The van der Waals surface area contributed by atoms with Crippen LogP contribution in [-0.2, 0) is 19.1 Å². The van der Waals surface area contributed by atoms with E-state index < -0.39 is 11.9 Å². The maximum atomic E-state index is 11.5. The molecule has 5 heteroatoms. The predicted molar refractivity (Wildman–Crippen MR) is 73.1 cm³/mol. The molecule has 0 N–H and O–H groups in total. The number of carbonyl (C=O) groups excluding carboxylic acids is 2. The molecule has 1 rings (SSSR count). The molecule has 0 aromatic carbocycles. The van der Waals surface area contributed by atoms with Crippen LogP contribution in [0.2, 0.25) is 0 Å². The highest BCUT2D eigenvalue weighted by molar-refractivity contribution is 6.26. The lowest BCUT2D eigenvalue weighted by Gasteiger charge is -2.19. The summed E-state index contributed by atoms with van der Waals surface area (Å²) in [7, 11) is 0. The van der Waals surface area contributed by atoms with Crippen LogP contribution in [-0.4, -0.2) is 30.5 Å². The summed E-state index contributed by atoms with van der Waals surface area (Å²) in [6.07, 6.45) is 10.3. The zero-order valence-corrected chi connectivity index (χ0v) is 12.1. The van der Waals surface area contributed by atoms with E-state index in [-0.39, 0.29) is 18.6 Å². The second kappa shape index (κ2) is 10.1. The van der Waals surface area contributed by atoms with Crippen LogP contribution in [0.15, 0.2) is 0 Å².